The number of anilines is 1. The van der Waals surface area contributed by atoms with Crippen molar-refractivity contribution in [1.29, 1.82) is 0 Å². The van der Waals surface area contributed by atoms with Crippen molar-refractivity contribution in [2.24, 2.45) is 0 Å². The Labute approximate surface area is 125 Å². The molecule has 20 heavy (non-hydrogen) atoms. The summed E-state index contributed by atoms with van der Waals surface area (Å²) in [5.41, 5.74) is 1.26. The molecular weight excluding hydrogens is 322 g/mol. The number of amides is 1. The molecule has 4 nitrogen and oxygen atoms in total. The average Bonchev–Trinajstić information content (AvgIpc) is 2.46. The van der Waals surface area contributed by atoms with Crippen LogP contribution in [0.5, 0.6) is 11.5 Å². The van der Waals surface area contributed by atoms with E-state index in [-0.39, 0.29) is 11.7 Å². The SMILES string of the molecule is COc1ccc(C(=O)N(C)c2ccc(O)cc2)cc1Br. The molecule has 1 N–H and O–H groups in total. The lowest BCUT2D eigenvalue weighted by atomic mass is 10.2. The lowest BCUT2D eigenvalue weighted by molar-refractivity contribution is 0.0993. The van der Waals surface area contributed by atoms with E-state index in [1.54, 1.807) is 56.6 Å². The van der Waals surface area contributed by atoms with Gasteiger partial charge in [0.1, 0.15) is 11.5 Å². The maximum Gasteiger partial charge on any atom is 0.258 e. The molecule has 0 atom stereocenters. The van der Waals surface area contributed by atoms with Crippen LogP contribution in [0.25, 0.3) is 0 Å². The van der Waals surface area contributed by atoms with Gasteiger partial charge in [-0.15, -0.1) is 0 Å². The Morgan fingerprint density at radius 2 is 1.85 bits per heavy atom. The van der Waals surface area contributed by atoms with Crippen LogP contribution in [0.15, 0.2) is 46.9 Å². The molecule has 0 aliphatic heterocycles. The van der Waals surface area contributed by atoms with Crippen molar-refractivity contribution in [3.8, 4) is 11.5 Å². The van der Waals surface area contributed by atoms with Gasteiger partial charge in [0.15, 0.2) is 0 Å². The number of phenolic OH excluding ortho intramolecular Hbond substituents is 1. The van der Waals surface area contributed by atoms with E-state index in [0.29, 0.717) is 17.0 Å². The zero-order valence-corrected chi connectivity index (χ0v) is 12.7. The normalized spacial score (nSPS) is 10.2. The summed E-state index contributed by atoms with van der Waals surface area (Å²) >= 11 is 3.36. The second kappa shape index (κ2) is 5.96. The van der Waals surface area contributed by atoms with Gasteiger partial charge in [-0.3, -0.25) is 4.79 Å². The van der Waals surface area contributed by atoms with Crippen molar-refractivity contribution in [1.82, 2.24) is 0 Å². The molecule has 2 rings (SSSR count). The number of aromatic hydroxyl groups is 1. The number of ether oxygens (including phenoxy) is 1. The molecule has 0 spiro atoms. The first-order chi connectivity index (χ1) is 9.52. The maximum absolute atomic E-state index is 12.4. The van der Waals surface area contributed by atoms with Crippen molar-refractivity contribution in [3.05, 3.63) is 52.5 Å². The van der Waals surface area contributed by atoms with Gasteiger partial charge in [0.25, 0.3) is 5.91 Å². The van der Waals surface area contributed by atoms with E-state index in [9.17, 15) is 9.90 Å². The number of benzene rings is 2. The van der Waals surface area contributed by atoms with E-state index in [0.717, 1.165) is 4.47 Å². The van der Waals surface area contributed by atoms with Crippen LogP contribution in [0, 0.1) is 0 Å². The minimum absolute atomic E-state index is 0.140. The minimum Gasteiger partial charge on any atom is -0.508 e. The Morgan fingerprint density at radius 3 is 2.40 bits per heavy atom. The van der Waals surface area contributed by atoms with Gasteiger partial charge < -0.3 is 14.7 Å². The number of rotatable bonds is 3. The Balaban J connectivity index is 2.26. The fourth-order valence-corrected chi connectivity index (χ4v) is 2.33. The predicted molar refractivity (Wildman–Crippen MR) is 81.5 cm³/mol. The molecule has 0 heterocycles. The first-order valence-electron chi connectivity index (χ1n) is 5.93. The highest BCUT2D eigenvalue weighted by molar-refractivity contribution is 9.10. The molecule has 0 radical (unpaired) electrons. The summed E-state index contributed by atoms with van der Waals surface area (Å²) < 4.78 is 5.87. The summed E-state index contributed by atoms with van der Waals surface area (Å²) in [5.74, 6) is 0.703. The van der Waals surface area contributed by atoms with Crippen molar-refractivity contribution >= 4 is 27.5 Å². The third kappa shape index (κ3) is 2.93. The highest BCUT2D eigenvalue weighted by Crippen LogP contribution is 2.27. The van der Waals surface area contributed by atoms with Crippen molar-refractivity contribution in [2.45, 2.75) is 0 Å². The fourth-order valence-electron chi connectivity index (χ4n) is 1.79. The number of hydrogen-bond acceptors (Lipinski definition) is 3. The molecule has 0 fully saturated rings. The molecule has 104 valence electrons. The van der Waals surface area contributed by atoms with Gasteiger partial charge >= 0.3 is 0 Å². The van der Waals surface area contributed by atoms with Crippen LogP contribution in [0.1, 0.15) is 10.4 Å². The van der Waals surface area contributed by atoms with Crippen LogP contribution in [0.3, 0.4) is 0 Å². The third-order valence-electron chi connectivity index (χ3n) is 2.94. The second-order valence-electron chi connectivity index (χ2n) is 4.23. The number of carbonyl (C=O) groups excluding carboxylic acids is 1. The monoisotopic (exact) mass is 335 g/mol. The van der Waals surface area contributed by atoms with Crippen LogP contribution in [0.4, 0.5) is 5.69 Å². The van der Waals surface area contributed by atoms with Gasteiger partial charge in [0.05, 0.1) is 11.6 Å². The lowest BCUT2D eigenvalue weighted by Gasteiger charge is -2.18. The van der Waals surface area contributed by atoms with Crippen LogP contribution in [-0.2, 0) is 0 Å². The topological polar surface area (TPSA) is 49.8 Å². The average molecular weight is 336 g/mol. The number of carbonyl (C=O) groups is 1. The number of phenols is 1. The van der Waals surface area contributed by atoms with E-state index in [2.05, 4.69) is 15.9 Å². The van der Waals surface area contributed by atoms with Gasteiger partial charge in [-0.1, -0.05) is 0 Å². The van der Waals surface area contributed by atoms with Gasteiger partial charge in [-0.05, 0) is 58.4 Å². The zero-order chi connectivity index (χ0) is 14.7. The molecule has 0 aliphatic rings. The highest BCUT2D eigenvalue weighted by atomic mass is 79.9. The van der Waals surface area contributed by atoms with Crippen molar-refractivity contribution in [2.75, 3.05) is 19.1 Å². The summed E-state index contributed by atoms with van der Waals surface area (Å²) in [7, 11) is 3.26. The standard InChI is InChI=1S/C15H14BrNO3/c1-17(11-4-6-12(18)7-5-11)15(19)10-3-8-14(20-2)13(16)9-10/h3-9,18H,1-2H3. The van der Waals surface area contributed by atoms with Crippen molar-refractivity contribution in [3.63, 3.8) is 0 Å². The molecule has 0 saturated carbocycles. The van der Waals surface area contributed by atoms with E-state index >= 15 is 0 Å². The predicted octanol–water partition coefficient (Wildman–Crippen LogP) is 3.44. The smallest absolute Gasteiger partial charge is 0.258 e. The summed E-state index contributed by atoms with van der Waals surface area (Å²) in [6, 6.07) is 11.6. The second-order valence-corrected chi connectivity index (χ2v) is 5.08. The maximum atomic E-state index is 12.4. The minimum atomic E-state index is -0.140. The van der Waals surface area contributed by atoms with E-state index < -0.39 is 0 Å². The lowest BCUT2D eigenvalue weighted by Crippen LogP contribution is -2.26. The molecule has 2 aromatic carbocycles. The van der Waals surface area contributed by atoms with Crippen LogP contribution < -0.4 is 9.64 Å². The summed E-state index contributed by atoms with van der Waals surface area (Å²) in [5, 5.41) is 9.26. The van der Waals surface area contributed by atoms with Crippen LogP contribution in [-0.4, -0.2) is 25.2 Å². The summed E-state index contributed by atoms with van der Waals surface area (Å²) in [6.45, 7) is 0. The number of hydrogen-bond donors (Lipinski definition) is 1. The van der Waals surface area contributed by atoms with Gasteiger partial charge in [0.2, 0.25) is 0 Å². The van der Waals surface area contributed by atoms with Crippen LogP contribution >= 0.6 is 15.9 Å². The molecular formula is C15H14BrNO3. The Hall–Kier alpha value is -2.01. The van der Waals surface area contributed by atoms with Gasteiger partial charge in [0, 0.05) is 18.3 Å². The largest absolute Gasteiger partial charge is 0.508 e. The first-order valence-corrected chi connectivity index (χ1v) is 6.73. The van der Waals surface area contributed by atoms with Gasteiger partial charge in [-0.2, -0.15) is 0 Å². The number of methoxy groups -OCH3 is 1. The van der Waals surface area contributed by atoms with Gasteiger partial charge in [-0.25, -0.2) is 0 Å². The van der Waals surface area contributed by atoms with Crippen LogP contribution in [0.2, 0.25) is 0 Å². The number of halogens is 1. The molecule has 0 aliphatic carbocycles. The Kier molecular flexibility index (Phi) is 4.29. The Bertz CT molecular complexity index is 626. The highest BCUT2D eigenvalue weighted by Gasteiger charge is 2.15. The molecule has 1 amide bonds. The quantitative estimate of drug-likeness (QED) is 0.934. The first kappa shape index (κ1) is 14.4. The molecule has 0 unspecified atom stereocenters. The molecule has 2 aromatic rings. The molecule has 0 aromatic heterocycles. The zero-order valence-electron chi connectivity index (χ0n) is 11.1. The van der Waals surface area contributed by atoms with Crippen molar-refractivity contribution < 1.29 is 14.6 Å². The third-order valence-corrected chi connectivity index (χ3v) is 3.56. The molecule has 0 bridgehead atoms. The van der Waals surface area contributed by atoms with E-state index in [4.69, 9.17) is 4.74 Å². The molecule has 5 heteroatoms. The number of nitrogens with zero attached hydrogens (tertiary/aromatic N) is 1. The summed E-state index contributed by atoms with van der Waals surface area (Å²) in [6.07, 6.45) is 0. The fraction of sp³-hybridized carbons (Fsp3) is 0.133. The van der Waals surface area contributed by atoms with E-state index in [1.165, 1.54) is 4.90 Å². The Morgan fingerprint density at radius 1 is 1.20 bits per heavy atom. The molecule has 0 saturated heterocycles. The summed E-state index contributed by atoms with van der Waals surface area (Å²) in [4.78, 5) is 13.9. The van der Waals surface area contributed by atoms with E-state index in [1.807, 2.05) is 0 Å².